The number of carbonyl (C=O) groups is 2. The van der Waals surface area contributed by atoms with Crippen LogP contribution in [-0.4, -0.2) is 37.1 Å². The minimum atomic E-state index is -0.334. The topological polar surface area (TPSA) is 67.4 Å². The number of carbonyl (C=O) groups excluding carboxylic acids is 2. The summed E-state index contributed by atoms with van der Waals surface area (Å²) in [7, 11) is 0. The lowest BCUT2D eigenvalue weighted by atomic mass is 10.2. The Kier molecular flexibility index (Phi) is 3.20. The normalized spacial score (nSPS) is 30.3. The van der Waals surface area contributed by atoms with Crippen LogP contribution in [0.4, 0.5) is 0 Å². The maximum absolute atomic E-state index is 11.6. The van der Waals surface area contributed by atoms with Crippen LogP contribution in [0, 0.1) is 0 Å². The van der Waals surface area contributed by atoms with Crippen LogP contribution >= 0.6 is 0 Å². The number of hydrogen-bond donors (Lipinski definition) is 2. The highest BCUT2D eigenvalue weighted by molar-refractivity contribution is 5.90. The fraction of sp³-hybridized carbons (Fsp3) is 0.800. The van der Waals surface area contributed by atoms with Gasteiger partial charge < -0.3 is 15.4 Å². The van der Waals surface area contributed by atoms with Crippen molar-refractivity contribution in [1.82, 2.24) is 10.6 Å². The summed E-state index contributed by atoms with van der Waals surface area (Å²) >= 11 is 0. The molecule has 2 rings (SSSR count). The zero-order valence-corrected chi connectivity index (χ0v) is 8.62. The van der Waals surface area contributed by atoms with Gasteiger partial charge in [-0.05, 0) is 19.3 Å². The smallest absolute Gasteiger partial charge is 0.242 e. The highest BCUT2D eigenvalue weighted by Crippen LogP contribution is 2.11. The summed E-state index contributed by atoms with van der Waals surface area (Å²) in [6.07, 6.45) is 3.30. The predicted octanol–water partition coefficient (Wildman–Crippen LogP) is -0.440. The summed E-state index contributed by atoms with van der Waals surface area (Å²) in [5.41, 5.74) is 0. The minimum Gasteiger partial charge on any atom is -0.376 e. The molecule has 5 nitrogen and oxygen atoms in total. The fourth-order valence-electron chi connectivity index (χ4n) is 1.95. The third-order valence-electron chi connectivity index (χ3n) is 2.84. The van der Waals surface area contributed by atoms with Crippen LogP contribution in [0.15, 0.2) is 0 Å². The van der Waals surface area contributed by atoms with Gasteiger partial charge in [-0.15, -0.1) is 0 Å². The lowest BCUT2D eigenvalue weighted by Gasteiger charge is -2.13. The monoisotopic (exact) mass is 212 g/mol. The van der Waals surface area contributed by atoms with Gasteiger partial charge in [-0.3, -0.25) is 9.59 Å². The Morgan fingerprint density at radius 1 is 1.53 bits per heavy atom. The van der Waals surface area contributed by atoms with E-state index in [-0.39, 0.29) is 24.0 Å². The Morgan fingerprint density at radius 2 is 2.40 bits per heavy atom. The second-order valence-electron chi connectivity index (χ2n) is 4.04. The van der Waals surface area contributed by atoms with Crippen LogP contribution in [-0.2, 0) is 14.3 Å². The molecular weight excluding hydrogens is 196 g/mol. The van der Waals surface area contributed by atoms with E-state index in [1.807, 2.05) is 0 Å². The highest BCUT2D eigenvalue weighted by Gasteiger charge is 2.27. The van der Waals surface area contributed by atoms with Gasteiger partial charge >= 0.3 is 0 Å². The molecule has 1 unspecified atom stereocenters. The lowest BCUT2D eigenvalue weighted by Crippen LogP contribution is -2.44. The van der Waals surface area contributed by atoms with Gasteiger partial charge in [0.1, 0.15) is 6.04 Å². The summed E-state index contributed by atoms with van der Waals surface area (Å²) in [4.78, 5) is 22.5. The highest BCUT2D eigenvalue weighted by atomic mass is 16.5. The van der Waals surface area contributed by atoms with Gasteiger partial charge in [0.25, 0.3) is 0 Å². The van der Waals surface area contributed by atoms with E-state index in [0.717, 1.165) is 19.4 Å². The summed E-state index contributed by atoms with van der Waals surface area (Å²) in [6, 6.07) is -0.334. The van der Waals surface area contributed by atoms with Crippen LogP contribution in [0.5, 0.6) is 0 Å². The van der Waals surface area contributed by atoms with Gasteiger partial charge in [0.2, 0.25) is 11.8 Å². The SMILES string of the molecule is O=C1CC[C@@H](C(=O)NCC2CCCO2)N1. The minimum absolute atomic E-state index is 0.0349. The van der Waals surface area contributed by atoms with E-state index >= 15 is 0 Å². The first-order valence-electron chi connectivity index (χ1n) is 5.44. The molecular formula is C10H16N2O3. The molecule has 0 spiro atoms. The molecule has 0 aromatic heterocycles. The van der Waals surface area contributed by atoms with Gasteiger partial charge in [0.15, 0.2) is 0 Å². The molecule has 2 N–H and O–H groups in total. The molecule has 2 fully saturated rings. The van der Waals surface area contributed by atoms with Crippen molar-refractivity contribution in [3.8, 4) is 0 Å². The molecule has 0 radical (unpaired) electrons. The zero-order valence-electron chi connectivity index (χ0n) is 8.62. The predicted molar refractivity (Wildman–Crippen MR) is 53.1 cm³/mol. The molecule has 2 saturated heterocycles. The quantitative estimate of drug-likeness (QED) is 0.666. The second kappa shape index (κ2) is 4.61. The molecule has 2 aliphatic heterocycles. The number of nitrogens with one attached hydrogen (secondary N) is 2. The van der Waals surface area contributed by atoms with Crippen LogP contribution in [0.3, 0.4) is 0 Å². The average molecular weight is 212 g/mol. The first-order valence-corrected chi connectivity index (χ1v) is 5.44. The first-order chi connectivity index (χ1) is 7.25. The van der Waals surface area contributed by atoms with Gasteiger partial charge in [-0.1, -0.05) is 0 Å². The summed E-state index contributed by atoms with van der Waals surface area (Å²) in [6.45, 7) is 1.35. The first kappa shape index (κ1) is 10.4. The summed E-state index contributed by atoms with van der Waals surface area (Å²) in [5, 5.41) is 5.45. The van der Waals surface area contributed by atoms with Gasteiger partial charge in [-0.2, -0.15) is 0 Å². The molecule has 0 aromatic carbocycles. The molecule has 0 aliphatic carbocycles. The van der Waals surface area contributed by atoms with Crippen molar-refractivity contribution in [3.63, 3.8) is 0 Å². The van der Waals surface area contributed by atoms with E-state index in [4.69, 9.17) is 4.74 Å². The lowest BCUT2D eigenvalue weighted by molar-refractivity contribution is -0.126. The molecule has 0 bridgehead atoms. The van der Waals surface area contributed by atoms with Crippen LogP contribution in [0.25, 0.3) is 0 Å². The van der Waals surface area contributed by atoms with E-state index in [1.54, 1.807) is 0 Å². The van der Waals surface area contributed by atoms with Crippen molar-refractivity contribution >= 4 is 11.8 Å². The molecule has 2 atom stereocenters. The van der Waals surface area contributed by atoms with Crippen molar-refractivity contribution in [3.05, 3.63) is 0 Å². The zero-order chi connectivity index (χ0) is 10.7. The van der Waals surface area contributed by atoms with E-state index < -0.39 is 0 Å². The number of ether oxygens (including phenoxy) is 1. The van der Waals surface area contributed by atoms with Gasteiger partial charge in [-0.25, -0.2) is 0 Å². The average Bonchev–Trinajstić information content (AvgIpc) is 2.84. The second-order valence-corrected chi connectivity index (χ2v) is 4.04. The van der Waals surface area contributed by atoms with Crippen molar-refractivity contribution in [1.29, 1.82) is 0 Å². The Balaban J connectivity index is 1.70. The molecule has 15 heavy (non-hydrogen) atoms. The number of hydrogen-bond acceptors (Lipinski definition) is 3. The van der Waals surface area contributed by atoms with Gasteiger partial charge in [0, 0.05) is 19.6 Å². The Labute approximate surface area is 88.5 Å². The summed E-state index contributed by atoms with van der Waals surface area (Å²) in [5.74, 6) is -0.122. The van der Waals surface area contributed by atoms with Crippen molar-refractivity contribution < 1.29 is 14.3 Å². The van der Waals surface area contributed by atoms with Crippen molar-refractivity contribution in [2.45, 2.75) is 37.8 Å². The largest absolute Gasteiger partial charge is 0.376 e. The van der Waals surface area contributed by atoms with Crippen LogP contribution in [0.1, 0.15) is 25.7 Å². The molecule has 0 saturated carbocycles. The molecule has 2 aliphatic rings. The van der Waals surface area contributed by atoms with E-state index in [9.17, 15) is 9.59 Å². The molecule has 2 heterocycles. The van der Waals surface area contributed by atoms with Crippen LogP contribution < -0.4 is 10.6 Å². The van der Waals surface area contributed by atoms with E-state index in [1.165, 1.54) is 0 Å². The maximum atomic E-state index is 11.6. The molecule has 5 heteroatoms. The standard InChI is InChI=1S/C10H16N2O3/c13-9-4-3-8(12-9)10(14)11-6-7-2-1-5-15-7/h7-8H,1-6H2,(H,11,14)(H,12,13)/t7?,8-/m0/s1. The Hall–Kier alpha value is -1.10. The van der Waals surface area contributed by atoms with Crippen molar-refractivity contribution in [2.75, 3.05) is 13.2 Å². The molecule has 0 aromatic rings. The van der Waals surface area contributed by atoms with Gasteiger partial charge in [0.05, 0.1) is 6.10 Å². The maximum Gasteiger partial charge on any atom is 0.242 e. The third kappa shape index (κ3) is 2.68. The van der Waals surface area contributed by atoms with E-state index in [0.29, 0.717) is 19.4 Å². The fourth-order valence-corrected chi connectivity index (χ4v) is 1.95. The number of amides is 2. The molecule has 2 amide bonds. The summed E-state index contributed by atoms with van der Waals surface area (Å²) < 4.78 is 5.39. The molecule has 84 valence electrons. The van der Waals surface area contributed by atoms with Crippen LogP contribution in [0.2, 0.25) is 0 Å². The Morgan fingerprint density at radius 3 is 3.00 bits per heavy atom. The Bertz CT molecular complexity index is 261. The third-order valence-corrected chi connectivity index (χ3v) is 2.84. The van der Waals surface area contributed by atoms with Crippen molar-refractivity contribution in [2.24, 2.45) is 0 Å². The number of rotatable bonds is 3. The van der Waals surface area contributed by atoms with E-state index in [2.05, 4.69) is 10.6 Å².